The predicted octanol–water partition coefficient (Wildman–Crippen LogP) is 3.06. The van der Waals surface area contributed by atoms with Gasteiger partial charge in [-0.2, -0.15) is 0 Å². The number of methoxy groups -OCH3 is 1. The minimum absolute atomic E-state index is 0.178. The first-order valence-corrected chi connectivity index (χ1v) is 6.35. The molecule has 2 aromatic rings. The van der Waals surface area contributed by atoms with E-state index in [-0.39, 0.29) is 6.04 Å². The average molecular weight is 256 g/mol. The lowest BCUT2D eigenvalue weighted by molar-refractivity contribution is 0.412. The maximum absolute atomic E-state index is 6.40. The van der Waals surface area contributed by atoms with Crippen molar-refractivity contribution in [3.8, 4) is 5.75 Å². The van der Waals surface area contributed by atoms with Crippen LogP contribution in [0, 0.1) is 20.8 Å². The van der Waals surface area contributed by atoms with Gasteiger partial charge in [-0.05, 0) is 49.1 Å². The molecule has 19 heavy (non-hydrogen) atoms. The van der Waals surface area contributed by atoms with Crippen molar-refractivity contribution in [1.29, 1.82) is 0 Å². The largest absolute Gasteiger partial charge is 0.495 e. The van der Waals surface area contributed by atoms with Gasteiger partial charge in [-0.1, -0.05) is 17.7 Å². The fourth-order valence-corrected chi connectivity index (χ4v) is 2.57. The Labute approximate surface area is 114 Å². The third-order valence-electron chi connectivity index (χ3n) is 3.38. The normalized spacial score (nSPS) is 12.3. The lowest BCUT2D eigenvalue weighted by Gasteiger charge is -2.19. The van der Waals surface area contributed by atoms with Crippen molar-refractivity contribution < 1.29 is 4.74 Å². The van der Waals surface area contributed by atoms with Crippen LogP contribution in [0.1, 0.15) is 33.9 Å². The van der Waals surface area contributed by atoms with Crippen molar-refractivity contribution in [2.24, 2.45) is 5.73 Å². The van der Waals surface area contributed by atoms with E-state index in [9.17, 15) is 0 Å². The molecule has 0 spiro atoms. The van der Waals surface area contributed by atoms with Gasteiger partial charge in [0.1, 0.15) is 5.75 Å². The van der Waals surface area contributed by atoms with Crippen molar-refractivity contribution in [2.75, 3.05) is 7.11 Å². The van der Waals surface area contributed by atoms with Crippen LogP contribution in [-0.2, 0) is 0 Å². The zero-order valence-electron chi connectivity index (χ0n) is 11.9. The van der Waals surface area contributed by atoms with Gasteiger partial charge in [0.05, 0.1) is 19.3 Å². The molecule has 0 fully saturated rings. The number of pyridine rings is 1. The number of ether oxygens (including phenoxy) is 1. The van der Waals surface area contributed by atoms with Crippen molar-refractivity contribution in [2.45, 2.75) is 26.8 Å². The first-order valence-electron chi connectivity index (χ1n) is 6.35. The minimum atomic E-state index is -0.178. The van der Waals surface area contributed by atoms with E-state index in [4.69, 9.17) is 10.5 Å². The molecule has 0 bridgehead atoms. The number of hydrogen-bond donors (Lipinski definition) is 1. The van der Waals surface area contributed by atoms with Crippen LogP contribution < -0.4 is 10.5 Å². The molecular weight excluding hydrogens is 236 g/mol. The number of benzene rings is 1. The second-order valence-corrected chi connectivity index (χ2v) is 4.95. The summed E-state index contributed by atoms with van der Waals surface area (Å²) in [7, 11) is 1.63. The van der Waals surface area contributed by atoms with E-state index in [0.717, 1.165) is 11.3 Å². The highest BCUT2D eigenvalue weighted by Crippen LogP contribution is 2.28. The Hall–Kier alpha value is -1.87. The Balaban J connectivity index is 2.46. The summed E-state index contributed by atoms with van der Waals surface area (Å²) >= 11 is 0. The van der Waals surface area contributed by atoms with Gasteiger partial charge in [0.25, 0.3) is 0 Å². The molecule has 1 heterocycles. The van der Waals surface area contributed by atoms with Crippen LogP contribution in [-0.4, -0.2) is 12.1 Å². The maximum atomic E-state index is 6.40. The summed E-state index contributed by atoms with van der Waals surface area (Å²) in [5, 5.41) is 0. The second-order valence-electron chi connectivity index (χ2n) is 4.95. The Bertz CT molecular complexity index is 570. The molecule has 0 aliphatic rings. The zero-order chi connectivity index (χ0) is 14.0. The summed E-state index contributed by atoms with van der Waals surface area (Å²) in [4.78, 5) is 4.17. The number of aromatic nitrogens is 1. The molecular formula is C16H20N2O. The Morgan fingerprint density at radius 1 is 1.05 bits per heavy atom. The smallest absolute Gasteiger partial charge is 0.137 e. The third-order valence-corrected chi connectivity index (χ3v) is 3.38. The van der Waals surface area contributed by atoms with Gasteiger partial charge in [-0.15, -0.1) is 0 Å². The van der Waals surface area contributed by atoms with Gasteiger partial charge in [-0.25, -0.2) is 0 Å². The molecule has 1 atom stereocenters. The standard InChI is InChI=1S/C16H20N2O/c1-10-5-11(2)15(12(3)6-10)16(17)13-7-14(19-4)9-18-8-13/h5-9,16H,17H2,1-4H3. The molecule has 3 heteroatoms. The van der Waals surface area contributed by atoms with E-state index in [1.807, 2.05) is 6.07 Å². The number of hydrogen-bond acceptors (Lipinski definition) is 3. The molecule has 1 aromatic carbocycles. The Morgan fingerprint density at radius 3 is 2.26 bits per heavy atom. The molecule has 1 unspecified atom stereocenters. The maximum Gasteiger partial charge on any atom is 0.137 e. The van der Waals surface area contributed by atoms with E-state index in [0.29, 0.717) is 0 Å². The van der Waals surface area contributed by atoms with E-state index < -0.39 is 0 Å². The van der Waals surface area contributed by atoms with Gasteiger partial charge < -0.3 is 10.5 Å². The molecule has 3 nitrogen and oxygen atoms in total. The SMILES string of the molecule is COc1cncc(C(N)c2c(C)cc(C)cc2C)c1. The van der Waals surface area contributed by atoms with Crippen LogP contribution in [0.25, 0.3) is 0 Å². The predicted molar refractivity (Wildman–Crippen MR) is 77.5 cm³/mol. The minimum Gasteiger partial charge on any atom is -0.495 e. The Kier molecular flexibility index (Phi) is 3.86. The van der Waals surface area contributed by atoms with Crippen molar-refractivity contribution >= 4 is 0 Å². The Morgan fingerprint density at radius 2 is 1.68 bits per heavy atom. The highest BCUT2D eigenvalue weighted by Gasteiger charge is 2.15. The zero-order valence-corrected chi connectivity index (χ0v) is 11.9. The van der Waals surface area contributed by atoms with Crippen molar-refractivity contribution in [1.82, 2.24) is 4.98 Å². The molecule has 2 rings (SSSR count). The first-order chi connectivity index (χ1) is 9.02. The van der Waals surface area contributed by atoms with Crippen LogP contribution in [0.4, 0.5) is 0 Å². The summed E-state index contributed by atoms with van der Waals surface area (Å²) in [6.07, 6.45) is 3.48. The molecule has 100 valence electrons. The van der Waals surface area contributed by atoms with Crippen LogP contribution in [0.5, 0.6) is 5.75 Å². The van der Waals surface area contributed by atoms with Gasteiger partial charge >= 0.3 is 0 Å². The van der Waals surface area contributed by atoms with E-state index >= 15 is 0 Å². The summed E-state index contributed by atoms with van der Waals surface area (Å²) in [6.45, 7) is 6.30. The van der Waals surface area contributed by atoms with Crippen molar-refractivity contribution in [3.63, 3.8) is 0 Å². The number of nitrogens with two attached hydrogens (primary N) is 1. The second kappa shape index (κ2) is 5.41. The summed E-state index contributed by atoms with van der Waals surface area (Å²) in [5.74, 6) is 0.732. The highest BCUT2D eigenvalue weighted by molar-refractivity contribution is 5.44. The summed E-state index contributed by atoms with van der Waals surface area (Å²) in [5.41, 5.74) is 12.2. The lowest BCUT2D eigenvalue weighted by atomic mass is 9.91. The molecule has 1 aromatic heterocycles. The lowest BCUT2D eigenvalue weighted by Crippen LogP contribution is -2.15. The molecule has 0 saturated carbocycles. The van der Waals surface area contributed by atoms with Gasteiger partial charge in [-0.3, -0.25) is 4.98 Å². The summed E-state index contributed by atoms with van der Waals surface area (Å²) in [6, 6.07) is 6.09. The summed E-state index contributed by atoms with van der Waals surface area (Å²) < 4.78 is 5.20. The number of rotatable bonds is 3. The molecule has 0 aliphatic heterocycles. The van der Waals surface area contributed by atoms with Gasteiger partial charge in [0.2, 0.25) is 0 Å². The number of nitrogens with zero attached hydrogens (tertiary/aromatic N) is 1. The van der Waals surface area contributed by atoms with E-state index in [1.165, 1.54) is 22.3 Å². The molecule has 0 radical (unpaired) electrons. The van der Waals surface area contributed by atoms with E-state index in [1.54, 1.807) is 19.5 Å². The molecule has 0 aliphatic carbocycles. The number of aryl methyl sites for hydroxylation is 3. The van der Waals surface area contributed by atoms with Crippen LogP contribution in [0.2, 0.25) is 0 Å². The monoisotopic (exact) mass is 256 g/mol. The first kappa shape index (κ1) is 13.6. The van der Waals surface area contributed by atoms with Gasteiger partial charge in [0, 0.05) is 6.20 Å². The third kappa shape index (κ3) is 2.76. The quantitative estimate of drug-likeness (QED) is 0.918. The average Bonchev–Trinajstić information content (AvgIpc) is 2.37. The van der Waals surface area contributed by atoms with Crippen LogP contribution in [0.3, 0.4) is 0 Å². The molecule has 0 saturated heterocycles. The molecule has 2 N–H and O–H groups in total. The fourth-order valence-electron chi connectivity index (χ4n) is 2.57. The van der Waals surface area contributed by atoms with Crippen LogP contribution in [0.15, 0.2) is 30.6 Å². The molecule has 0 amide bonds. The fraction of sp³-hybridized carbons (Fsp3) is 0.312. The highest BCUT2D eigenvalue weighted by atomic mass is 16.5. The topological polar surface area (TPSA) is 48.1 Å². The van der Waals surface area contributed by atoms with Crippen molar-refractivity contribution in [3.05, 3.63) is 58.4 Å². The van der Waals surface area contributed by atoms with Gasteiger partial charge in [0.15, 0.2) is 0 Å². The van der Waals surface area contributed by atoms with E-state index in [2.05, 4.69) is 37.9 Å². The van der Waals surface area contributed by atoms with Crippen LogP contribution >= 0.6 is 0 Å².